The van der Waals surface area contributed by atoms with Crippen LogP contribution in [0.3, 0.4) is 0 Å². The fourth-order valence-electron chi connectivity index (χ4n) is 5.74. The predicted molar refractivity (Wildman–Crippen MR) is 153 cm³/mol. The Kier molecular flexibility index (Phi) is 7.24. The Morgan fingerprint density at radius 2 is 2.00 bits per heavy atom. The van der Waals surface area contributed by atoms with Gasteiger partial charge in [-0.3, -0.25) is 23.6 Å². The SMILES string of the molecule is CCn1nnc2c(C)c(C(c3cc(CN4CC(C)Cc5ncccc5S4(O)O)n(C)n3)C(C)(C)C(=O)O)ccc21. The van der Waals surface area contributed by atoms with Gasteiger partial charge in [-0.15, -0.1) is 15.9 Å². The maximum atomic E-state index is 12.6. The number of nitrogens with zero attached hydrogens (tertiary/aromatic N) is 7. The Hall–Kier alpha value is -3.32. The zero-order valence-corrected chi connectivity index (χ0v) is 24.6. The van der Waals surface area contributed by atoms with Crippen molar-refractivity contribution in [3.05, 3.63) is 64.7 Å². The molecule has 0 spiro atoms. The van der Waals surface area contributed by atoms with E-state index in [9.17, 15) is 19.0 Å². The first-order valence-corrected chi connectivity index (χ1v) is 14.9. The zero-order chi connectivity index (χ0) is 29.0. The van der Waals surface area contributed by atoms with Gasteiger partial charge in [-0.2, -0.15) is 9.40 Å². The van der Waals surface area contributed by atoms with Gasteiger partial charge in [0.1, 0.15) is 5.52 Å². The minimum atomic E-state index is -3.29. The van der Waals surface area contributed by atoms with Crippen LogP contribution in [0.1, 0.15) is 61.8 Å². The molecule has 0 saturated heterocycles. The van der Waals surface area contributed by atoms with E-state index in [2.05, 4.69) is 22.2 Å². The van der Waals surface area contributed by atoms with Crippen LogP contribution in [-0.2, 0) is 31.4 Å². The average molecular weight is 568 g/mol. The normalized spacial score (nSPS) is 19.2. The molecule has 0 fully saturated rings. The number of aliphatic carboxylic acids is 1. The standard InChI is InChI=1S/C28H37N7O4S/c1-7-35-23-11-10-20(18(3)26(23)30-32-35)25(28(4,5)27(36)37)22-14-19(33(6)31-22)16-34-15-17(2)13-21-24(40(34,38)39)9-8-12-29-21/h8-12,14,17,25,38-39H,7,13,15-16H2,1-6H3,(H,36,37). The lowest BCUT2D eigenvalue weighted by molar-refractivity contribution is -0.147. The van der Waals surface area contributed by atoms with Gasteiger partial charge in [0.25, 0.3) is 0 Å². The molecule has 0 saturated carbocycles. The Bertz CT molecular complexity index is 1580. The van der Waals surface area contributed by atoms with E-state index in [1.54, 1.807) is 48.2 Å². The summed E-state index contributed by atoms with van der Waals surface area (Å²) >= 11 is 0. The van der Waals surface area contributed by atoms with Gasteiger partial charge in [0.15, 0.2) is 0 Å². The molecule has 0 aliphatic carbocycles. The number of aromatic nitrogens is 6. The number of carboxylic acids is 1. The molecule has 1 aliphatic heterocycles. The largest absolute Gasteiger partial charge is 0.481 e. The van der Waals surface area contributed by atoms with Gasteiger partial charge in [-0.25, -0.2) is 4.68 Å². The molecule has 2 unspecified atom stereocenters. The third kappa shape index (κ3) is 4.68. The number of hydrogen-bond donors (Lipinski definition) is 3. The molecular weight excluding hydrogens is 530 g/mol. The first kappa shape index (κ1) is 28.2. The second-order valence-electron chi connectivity index (χ2n) is 11.3. The zero-order valence-electron chi connectivity index (χ0n) is 23.7. The Morgan fingerprint density at radius 3 is 2.70 bits per heavy atom. The molecule has 5 rings (SSSR count). The van der Waals surface area contributed by atoms with E-state index in [0.717, 1.165) is 27.9 Å². The monoisotopic (exact) mass is 567 g/mol. The highest BCUT2D eigenvalue weighted by Gasteiger charge is 2.42. The second-order valence-corrected chi connectivity index (χ2v) is 13.3. The van der Waals surface area contributed by atoms with Gasteiger partial charge in [0.05, 0.1) is 39.5 Å². The molecule has 0 bridgehead atoms. The number of benzene rings is 1. The highest BCUT2D eigenvalue weighted by atomic mass is 32.3. The van der Waals surface area contributed by atoms with Crippen LogP contribution in [0.4, 0.5) is 0 Å². The van der Waals surface area contributed by atoms with Crippen molar-refractivity contribution < 1.29 is 19.0 Å². The highest BCUT2D eigenvalue weighted by molar-refractivity contribution is 8.22. The molecule has 4 aromatic rings. The Labute approximate surface area is 235 Å². The first-order valence-electron chi connectivity index (χ1n) is 13.4. The van der Waals surface area contributed by atoms with E-state index < -0.39 is 28.1 Å². The molecule has 1 aliphatic rings. The number of hydrogen-bond acceptors (Lipinski definition) is 8. The summed E-state index contributed by atoms with van der Waals surface area (Å²) in [5, 5.41) is 23.7. The number of pyridine rings is 1. The second kappa shape index (κ2) is 10.3. The molecular formula is C28H37N7O4S. The molecule has 11 nitrogen and oxygen atoms in total. The van der Waals surface area contributed by atoms with Gasteiger partial charge in [0, 0.05) is 32.3 Å². The molecule has 40 heavy (non-hydrogen) atoms. The van der Waals surface area contributed by atoms with E-state index in [4.69, 9.17) is 5.10 Å². The topological polar surface area (TPSA) is 142 Å². The minimum Gasteiger partial charge on any atom is -0.481 e. The van der Waals surface area contributed by atoms with Gasteiger partial charge in [-0.1, -0.05) is 18.2 Å². The van der Waals surface area contributed by atoms with Crippen molar-refractivity contribution in [3.63, 3.8) is 0 Å². The van der Waals surface area contributed by atoms with Gasteiger partial charge >= 0.3 is 5.97 Å². The molecule has 3 N–H and O–H groups in total. The van der Waals surface area contributed by atoms with Gasteiger partial charge in [0.2, 0.25) is 0 Å². The Morgan fingerprint density at radius 1 is 1.25 bits per heavy atom. The summed E-state index contributed by atoms with van der Waals surface area (Å²) < 4.78 is 28.0. The van der Waals surface area contributed by atoms with Crippen molar-refractivity contribution in [2.45, 2.75) is 64.9 Å². The van der Waals surface area contributed by atoms with E-state index in [-0.39, 0.29) is 12.5 Å². The fourth-order valence-corrected chi connectivity index (χ4v) is 7.50. The van der Waals surface area contributed by atoms with Crippen molar-refractivity contribution in [2.75, 3.05) is 6.54 Å². The average Bonchev–Trinajstić information content (AvgIpc) is 3.46. The van der Waals surface area contributed by atoms with E-state index in [1.165, 1.54) is 0 Å². The van der Waals surface area contributed by atoms with E-state index in [1.807, 2.05) is 36.7 Å². The number of fused-ring (bicyclic) bond motifs is 2. The van der Waals surface area contributed by atoms with Crippen LogP contribution in [0.15, 0.2) is 41.4 Å². The van der Waals surface area contributed by atoms with E-state index >= 15 is 0 Å². The van der Waals surface area contributed by atoms with E-state index in [0.29, 0.717) is 35.8 Å². The molecule has 12 heteroatoms. The lowest BCUT2D eigenvalue weighted by atomic mass is 9.72. The number of rotatable bonds is 7. The summed E-state index contributed by atoms with van der Waals surface area (Å²) in [6.07, 6.45) is 2.33. The van der Waals surface area contributed by atoms with Gasteiger partial charge in [-0.05, 0) is 75.4 Å². The van der Waals surface area contributed by atoms with Crippen LogP contribution in [0.5, 0.6) is 0 Å². The quantitative estimate of drug-likeness (QED) is 0.286. The Balaban J connectivity index is 1.57. The van der Waals surface area contributed by atoms with Crippen LogP contribution < -0.4 is 0 Å². The van der Waals surface area contributed by atoms with Crippen molar-refractivity contribution in [1.29, 1.82) is 0 Å². The summed E-state index contributed by atoms with van der Waals surface area (Å²) in [5.74, 6) is -1.38. The molecule has 3 aromatic heterocycles. The molecule has 4 heterocycles. The van der Waals surface area contributed by atoms with Crippen LogP contribution in [0.25, 0.3) is 11.0 Å². The first-order chi connectivity index (χ1) is 18.9. The molecule has 0 amide bonds. The van der Waals surface area contributed by atoms with Crippen LogP contribution in [-0.4, -0.2) is 60.8 Å². The van der Waals surface area contributed by atoms with Crippen LogP contribution in [0, 0.1) is 18.3 Å². The predicted octanol–water partition coefficient (Wildman–Crippen LogP) is 4.85. The molecule has 1 aromatic carbocycles. The van der Waals surface area contributed by atoms with Crippen LogP contribution in [0.2, 0.25) is 0 Å². The minimum absolute atomic E-state index is 0.152. The summed E-state index contributed by atoms with van der Waals surface area (Å²) in [4.78, 5) is 17.4. The maximum absolute atomic E-state index is 12.6. The number of carbonyl (C=O) groups is 1. The fraction of sp³-hybridized carbons (Fsp3) is 0.464. The summed E-state index contributed by atoms with van der Waals surface area (Å²) in [6.45, 7) is 10.8. The van der Waals surface area contributed by atoms with Crippen molar-refractivity contribution >= 4 is 27.8 Å². The van der Waals surface area contributed by atoms with Crippen molar-refractivity contribution in [3.8, 4) is 0 Å². The van der Waals surface area contributed by atoms with Crippen molar-refractivity contribution in [1.82, 2.24) is 34.1 Å². The lowest BCUT2D eigenvalue weighted by Crippen LogP contribution is -2.33. The third-order valence-corrected chi connectivity index (χ3v) is 10.0. The summed E-state index contributed by atoms with van der Waals surface area (Å²) in [5.41, 5.74) is 4.17. The van der Waals surface area contributed by atoms with Gasteiger partial charge < -0.3 is 5.11 Å². The maximum Gasteiger partial charge on any atom is 0.310 e. The highest BCUT2D eigenvalue weighted by Crippen LogP contribution is 2.55. The number of carboxylic acid groups (broad SMARTS) is 1. The molecule has 214 valence electrons. The smallest absolute Gasteiger partial charge is 0.310 e. The summed E-state index contributed by atoms with van der Waals surface area (Å²) in [7, 11) is -1.48. The molecule has 2 atom stereocenters. The third-order valence-electron chi connectivity index (χ3n) is 8.06. The lowest BCUT2D eigenvalue weighted by Gasteiger charge is -2.42. The number of aryl methyl sites for hydroxylation is 3. The van der Waals surface area contributed by atoms with Crippen molar-refractivity contribution in [2.24, 2.45) is 18.4 Å². The molecule has 0 radical (unpaired) electrons. The summed E-state index contributed by atoms with van der Waals surface area (Å²) in [6, 6.07) is 9.23. The van der Waals surface area contributed by atoms with Crippen LogP contribution >= 0.6 is 10.8 Å².